The van der Waals surface area contributed by atoms with Gasteiger partial charge in [-0.15, -0.1) is 11.3 Å². The minimum atomic E-state index is 0.200. The number of nitrogens with zero attached hydrogens (tertiary/aromatic N) is 4. The second-order valence-corrected chi connectivity index (χ2v) is 7.73. The Bertz CT molecular complexity index is 572. The molecule has 0 atom stereocenters. The number of nitrogens with one attached hydrogen (secondary N) is 1. The largest absolute Gasteiger partial charge is 0.360 e. The molecule has 6 nitrogen and oxygen atoms in total. The monoisotopic (exact) mass is 363 g/mol. The molecule has 0 aromatic carbocycles. The molecule has 2 aliphatic heterocycles. The van der Waals surface area contributed by atoms with E-state index in [1.165, 1.54) is 5.00 Å². The molecule has 0 spiro atoms. The van der Waals surface area contributed by atoms with Crippen molar-refractivity contribution >= 4 is 28.2 Å². The van der Waals surface area contributed by atoms with Crippen molar-refractivity contribution in [1.29, 1.82) is 0 Å². The number of amides is 1. The molecule has 3 rings (SSSR count). The molecule has 2 saturated heterocycles. The van der Waals surface area contributed by atoms with Crippen LogP contribution < -0.4 is 10.2 Å². The van der Waals surface area contributed by atoms with Crippen LogP contribution in [-0.2, 0) is 4.79 Å². The lowest BCUT2D eigenvalue weighted by atomic mass is 9.97. The van der Waals surface area contributed by atoms with E-state index in [9.17, 15) is 4.79 Å². The third kappa shape index (κ3) is 4.66. The summed E-state index contributed by atoms with van der Waals surface area (Å²) in [6, 6.07) is 4.31. The minimum Gasteiger partial charge on any atom is -0.360 e. The Morgan fingerprint density at radius 3 is 2.48 bits per heavy atom. The molecule has 138 valence electrons. The van der Waals surface area contributed by atoms with Crippen LogP contribution in [0.2, 0.25) is 0 Å². The Labute approximate surface area is 154 Å². The lowest BCUT2D eigenvalue weighted by Crippen LogP contribution is -2.53. The lowest BCUT2D eigenvalue weighted by molar-refractivity contribution is -0.130. The average molecular weight is 364 g/mol. The molecule has 2 fully saturated rings. The Morgan fingerprint density at radius 2 is 1.92 bits per heavy atom. The highest BCUT2D eigenvalue weighted by Crippen LogP contribution is 2.22. The second kappa shape index (κ2) is 8.56. The van der Waals surface area contributed by atoms with E-state index < -0.39 is 0 Å². The van der Waals surface area contributed by atoms with Crippen molar-refractivity contribution < 1.29 is 4.79 Å². The number of rotatable bonds is 3. The van der Waals surface area contributed by atoms with Crippen molar-refractivity contribution in [2.45, 2.75) is 19.8 Å². The molecule has 0 aliphatic carbocycles. The number of piperazine rings is 1. The molecular weight excluding hydrogens is 334 g/mol. The number of anilines is 1. The van der Waals surface area contributed by atoms with Crippen LogP contribution in [0.1, 0.15) is 19.8 Å². The molecule has 1 aromatic heterocycles. The van der Waals surface area contributed by atoms with Gasteiger partial charge in [-0.3, -0.25) is 9.79 Å². The van der Waals surface area contributed by atoms with Crippen LogP contribution in [0.25, 0.3) is 0 Å². The second-order valence-electron chi connectivity index (χ2n) is 6.80. The molecule has 0 unspecified atom stereocenters. The van der Waals surface area contributed by atoms with E-state index in [4.69, 9.17) is 0 Å². The van der Waals surface area contributed by atoms with Crippen LogP contribution in [0.5, 0.6) is 0 Å². The van der Waals surface area contributed by atoms with Gasteiger partial charge < -0.3 is 20.0 Å². The standard InChI is InChI=1S/C18H29N5OS/c1-15(24)21-7-5-16(6-8-21)14-20-18(19-2)23-11-9-22(10-12-23)17-4-3-13-25-17/h3-4,13,16H,5-12,14H2,1-2H3,(H,19,20). The first kappa shape index (κ1) is 18.0. The number of piperidine rings is 1. The van der Waals surface area contributed by atoms with Crippen molar-refractivity contribution in [3.05, 3.63) is 17.5 Å². The number of hydrogen-bond acceptors (Lipinski definition) is 4. The van der Waals surface area contributed by atoms with E-state index in [1.807, 2.05) is 23.3 Å². The normalized spacial score (nSPS) is 20.1. The van der Waals surface area contributed by atoms with E-state index in [-0.39, 0.29) is 5.91 Å². The van der Waals surface area contributed by atoms with E-state index in [0.717, 1.165) is 64.6 Å². The van der Waals surface area contributed by atoms with Crippen molar-refractivity contribution in [2.24, 2.45) is 10.9 Å². The van der Waals surface area contributed by atoms with Gasteiger partial charge in [-0.1, -0.05) is 0 Å². The predicted molar refractivity (Wildman–Crippen MR) is 104 cm³/mol. The number of aliphatic imine (C=N–C) groups is 1. The molecule has 1 N–H and O–H groups in total. The van der Waals surface area contributed by atoms with Crippen LogP contribution in [0.4, 0.5) is 5.00 Å². The highest BCUT2D eigenvalue weighted by molar-refractivity contribution is 7.14. The SMILES string of the molecule is CN=C(NCC1CCN(C(C)=O)CC1)N1CCN(c2cccs2)CC1. The number of carbonyl (C=O) groups excluding carboxylic acids is 1. The summed E-state index contributed by atoms with van der Waals surface area (Å²) >= 11 is 1.81. The number of thiophene rings is 1. The van der Waals surface area contributed by atoms with Crippen LogP contribution in [-0.4, -0.2) is 74.5 Å². The Morgan fingerprint density at radius 1 is 1.20 bits per heavy atom. The molecule has 7 heteroatoms. The highest BCUT2D eigenvalue weighted by Gasteiger charge is 2.23. The third-order valence-electron chi connectivity index (χ3n) is 5.22. The topological polar surface area (TPSA) is 51.2 Å². The summed E-state index contributed by atoms with van der Waals surface area (Å²) in [6.45, 7) is 8.47. The lowest BCUT2D eigenvalue weighted by Gasteiger charge is -2.38. The smallest absolute Gasteiger partial charge is 0.219 e. The van der Waals surface area contributed by atoms with Gasteiger partial charge >= 0.3 is 0 Å². The zero-order chi connectivity index (χ0) is 17.6. The molecule has 2 aliphatic rings. The molecule has 1 aromatic rings. The number of guanidine groups is 1. The van der Waals surface area contributed by atoms with Gasteiger partial charge in [-0.05, 0) is 36.3 Å². The van der Waals surface area contributed by atoms with Crippen LogP contribution in [0.3, 0.4) is 0 Å². The fourth-order valence-electron chi connectivity index (χ4n) is 3.61. The number of likely N-dealkylation sites (tertiary alicyclic amines) is 1. The van der Waals surface area contributed by atoms with Crippen LogP contribution in [0.15, 0.2) is 22.5 Å². The van der Waals surface area contributed by atoms with Gasteiger partial charge in [0, 0.05) is 59.8 Å². The summed E-state index contributed by atoms with van der Waals surface area (Å²) < 4.78 is 0. The molecule has 3 heterocycles. The van der Waals surface area contributed by atoms with Gasteiger partial charge in [-0.2, -0.15) is 0 Å². The summed E-state index contributed by atoms with van der Waals surface area (Å²) in [5.41, 5.74) is 0. The first-order valence-corrected chi connectivity index (χ1v) is 10.0. The summed E-state index contributed by atoms with van der Waals surface area (Å²) in [5, 5.41) is 7.06. The fraction of sp³-hybridized carbons (Fsp3) is 0.667. The summed E-state index contributed by atoms with van der Waals surface area (Å²) in [5.74, 6) is 1.84. The molecule has 0 saturated carbocycles. The first-order valence-electron chi connectivity index (χ1n) is 9.17. The van der Waals surface area contributed by atoms with Crippen molar-refractivity contribution in [1.82, 2.24) is 15.1 Å². The summed E-state index contributed by atoms with van der Waals surface area (Å²) in [7, 11) is 1.87. The number of carbonyl (C=O) groups is 1. The van der Waals surface area contributed by atoms with Gasteiger partial charge in [0.2, 0.25) is 5.91 Å². The van der Waals surface area contributed by atoms with E-state index in [0.29, 0.717) is 5.92 Å². The van der Waals surface area contributed by atoms with Crippen LogP contribution >= 0.6 is 11.3 Å². The van der Waals surface area contributed by atoms with Crippen LogP contribution in [0, 0.1) is 5.92 Å². The van der Waals surface area contributed by atoms with Gasteiger partial charge in [0.1, 0.15) is 0 Å². The maximum atomic E-state index is 11.4. The van der Waals surface area contributed by atoms with Crippen molar-refractivity contribution in [2.75, 3.05) is 57.8 Å². The molecule has 0 radical (unpaired) electrons. The van der Waals surface area contributed by atoms with Crippen molar-refractivity contribution in [3.8, 4) is 0 Å². The zero-order valence-corrected chi connectivity index (χ0v) is 16.1. The van der Waals surface area contributed by atoms with Crippen molar-refractivity contribution in [3.63, 3.8) is 0 Å². The summed E-state index contributed by atoms with van der Waals surface area (Å²) in [4.78, 5) is 22.7. The first-order chi connectivity index (χ1) is 12.2. The third-order valence-corrected chi connectivity index (χ3v) is 6.15. The summed E-state index contributed by atoms with van der Waals surface area (Å²) in [6.07, 6.45) is 2.16. The highest BCUT2D eigenvalue weighted by atomic mass is 32.1. The van der Waals surface area contributed by atoms with E-state index >= 15 is 0 Å². The predicted octanol–water partition coefficient (Wildman–Crippen LogP) is 1.70. The average Bonchev–Trinajstić information content (AvgIpc) is 3.18. The molecule has 25 heavy (non-hydrogen) atoms. The quantitative estimate of drug-likeness (QED) is 0.656. The Kier molecular flexibility index (Phi) is 6.18. The molecule has 0 bridgehead atoms. The maximum absolute atomic E-state index is 11.4. The van der Waals surface area contributed by atoms with Gasteiger partial charge in [0.15, 0.2) is 5.96 Å². The number of hydrogen-bond donors (Lipinski definition) is 1. The minimum absolute atomic E-state index is 0.200. The maximum Gasteiger partial charge on any atom is 0.219 e. The Hall–Kier alpha value is -1.76. The zero-order valence-electron chi connectivity index (χ0n) is 15.3. The molecule has 1 amide bonds. The van der Waals surface area contributed by atoms with Gasteiger partial charge in [-0.25, -0.2) is 0 Å². The van der Waals surface area contributed by atoms with Gasteiger partial charge in [0.05, 0.1) is 5.00 Å². The Balaban J connectivity index is 1.42. The fourth-order valence-corrected chi connectivity index (χ4v) is 4.39. The van der Waals surface area contributed by atoms with Gasteiger partial charge in [0.25, 0.3) is 0 Å². The van der Waals surface area contributed by atoms with E-state index in [1.54, 1.807) is 6.92 Å². The molecular formula is C18H29N5OS. The van der Waals surface area contributed by atoms with E-state index in [2.05, 4.69) is 37.6 Å².